The number of carbonyl (C=O) groups excluding carboxylic acids is 1. The zero-order chi connectivity index (χ0) is 26.5. The number of β-amino-alcohol motifs (C(OH)–C–C–N with tert-alkyl or cyclic N) is 1. The molecule has 1 aliphatic rings. The summed E-state index contributed by atoms with van der Waals surface area (Å²) in [5.74, 6) is 0.652. The maximum atomic E-state index is 12.4. The highest BCUT2D eigenvalue weighted by Gasteiger charge is 2.17. The Morgan fingerprint density at radius 3 is 2.58 bits per heavy atom. The smallest absolute Gasteiger partial charge is 0.283 e. The molecule has 1 aliphatic heterocycles. The molecular weight excluding hydrogens is 486 g/mol. The molecule has 5 rings (SSSR count). The Morgan fingerprint density at radius 2 is 1.84 bits per heavy atom. The highest BCUT2D eigenvalue weighted by Crippen LogP contribution is 2.22. The zero-order valence-electron chi connectivity index (χ0n) is 20.6. The SMILES string of the molecule is C=CC(=O)Nc1cccc(-n2cnc(=O)c3cnc(Nc4ccc(N5CCN(CCO)CC5)cc4)nc32)n1. The van der Waals surface area contributed by atoms with Crippen LogP contribution < -0.4 is 21.1 Å². The fourth-order valence-electron chi connectivity index (χ4n) is 4.23. The number of piperazine rings is 1. The van der Waals surface area contributed by atoms with Gasteiger partial charge in [0.1, 0.15) is 23.3 Å². The van der Waals surface area contributed by atoms with Crippen molar-refractivity contribution < 1.29 is 9.90 Å². The van der Waals surface area contributed by atoms with E-state index in [1.807, 2.05) is 24.3 Å². The fraction of sp³-hybridized carbons (Fsp3) is 0.231. The molecule has 1 amide bonds. The number of nitrogens with zero attached hydrogens (tertiary/aromatic N) is 7. The predicted molar refractivity (Wildman–Crippen MR) is 145 cm³/mol. The predicted octanol–water partition coefficient (Wildman–Crippen LogP) is 1.55. The quantitative estimate of drug-likeness (QED) is 0.297. The van der Waals surface area contributed by atoms with Crippen LogP contribution in [0, 0.1) is 0 Å². The number of rotatable bonds is 8. The number of amides is 1. The van der Waals surface area contributed by atoms with Crippen molar-refractivity contribution in [1.82, 2.24) is 29.4 Å². The van der Waals surface area contributed by atoms with E-state index in [9.17, 15) is 9.59 Å². The topological polar surface area (TPSA) is 141 Å². The normalized spacial score (nSPS) is 13.9. The number of hydrogen-bond donors (Lipinski definition) is 3. The first-order valence-corrected chi connectivity index (χ1v) is 12.1. The van der Waals surface area contributed by atoms with Crippen LogP contribution in [0.2, 0.25) is 0 Å². The van der Waals surface area contributed by atoms with Gasteiger partial charge in [-0.15, -0.1) is 0 Å². The summed E-state index contributed by atoms with van der Waals surface area (Å²) in [6, 6.07) is 13.1. The largest absolute Gasteiger partial charge is 0.395 e. The lowest BCUT2D eigenvalue weighted by Crippen LogP contribution is -2.47. The van der Waals surface area contributed by atoms with Crippen LogP contribution in [-0.2, 0) is 4.79 Å². The van der Waals surface area contributed by atoms with Crippen molar-refractivity contribution in [3.05, 3.63) is 78.0 Å². The lowest BCUT2D eigenvalue weighted by molar-refractivity contribution is -0.111. The average Bonchev–Trinajstić information content (AvgIpc) is 2.94. The second-order valence-electron chi connectivity index (χ2n) is 8.65. The van der Waals surface area contributed by atoms with Crippen molar-refractivity contribution in [2.24, 2.45) is 0 Å². The number of aliphatic hydroxyl groups excluding tert-OH is 1. The van der Waals surface area contributed by atoms with Gasteiger partial charge in [0, 0.05) is 50.3 Å². The Morgan fingerprint density at radius 1 is 1.05 bits per heavy atom. The summed E-state index contributed by atoms with van der Waals surface area (Å²) in [6.07, 6.45) is 3.93. The molecule has 0 atom stereocenters. The molecule has 3 N–H and O–H groups in total. The molecule has 1 saturated heterocycles. The van der Waals surface area contributed by atoms with Crippen molar-refractivity contribution in [2.45, 2.75) is 0 Å². The van der Waals surface area contributed by atoms with Gasteiger partial charge >= 0.3 is 0 Å². The second-order valence-corrected chi connectivity index (χ2v) is 8.65. The van der Waals surface area contributed by atoms with E-state index < -0.39 is 5.56 Å². The molecule has 4 aromatic rings. The maximum absolute atomic E-state index is 12.4. The summed E-state index contributed by atoms with van der Waals surface area (Å²) in [5.41, 5.74) is 1.78. The van der Waals surface area contributed by atoms with Crippen LogP contribution in [-0.4, -0.2) is 79.7 Å². The van der Waals surface area contributed by atoms with Gasteiger partial charge in [-0.3, -0.25) is 19.1 Å². The van der Waals surface area contributed by atoms with Crippen molar-refractivity contribution in [3.8, 4) is 5.82 Å². The zero-order valence-corrected chi connectivity index (χ0v) is 20.6. The lowest BCUT2D eigenvalue weighted by Gasteiger charge is -2.35. The van der Waals surface area contributed by atoms with E-state index in [1.165, 1.54) is 12.5 Å². The van der Waals surface area contributed by atoms with Crippen LogP contribution in [0.1, 0.15) is 0 Å². The van der Waals surface area contributed by atoms with E-state index in [-0.39, 0.29) is 17.9 Å². The summed E-state index contributed by atoms with van der Waals surface area (Å²) >= 11 is 0. The van der Waals surface area contributed by atoms with Gasteiger partial charge in [0.2, 0.25) is 11.9 Å². The molecule has 0 spiro atoms. The number of nitrogens with one attached hydrogen (secondary N) is 2. The summed E-state index contributed by atoms with van der Waals surface area (Å²) < 4.78 is 1.56. The third kappa shape index (κ3) is 5.51. The molecule has 0 unspecified atom stereocenters. The summed E-state index contributed by atoms with van der Waals surface area (Å²) in [5, 5.41) is 15.2. The lowest BCUT2D eigenvalue weighted by atomic mass is 10.2. The van der Waals surface area contributed by atoms with E-state index in [4.69, 9.17) is 5.11 Å². The van der Waals surface area contributed by atoms with Crippen LogP contribution in [0.5, 0.6) is 0 Å². The molecule has 4 heterocycles. The minimum Gasteiger partial charge on any atom is -0.395 e. The van der Waals surface area contributed by atoms with Gasteiger partial charge in [0.25, 0.3) is 5.56 Å². The fourth-order valence-corrected chi connectivity index (χ4v) is 4.23. The molecule has 0 radical (unpaired) electrons. The number of hydrogen-bond acceptors (Lipinski definition) is 10. The van der Waals surface area contributed by atoms with Gasteiger partial charge in [-0.05, 0) is 42.5 Å². The molecule has 194 valence electrons. The molecule has 3 aromatic heterocycles. The Bertz CT molecular complexity index is 1510. The highest BCUT2D eigenvalue weighted by atomic mass is 16.3. The van der Waals surface area contributed by atoms with E-state index >= 15 is 0 Å². The number of carbonyl (C=O) groups is 1. The molecule has 38 heavy (non-hydrogen) atoms. The monoisotopic (exact) mass is 513 g/mol. The number of aromatic nitrogens is 5. The third-order valence-corrected chi connectivity index (χ3v) is 6.21. The molecule has 1 aromatic carbocycles. The summed E-state index contributed by atoms with van der Waals surface area (Å²) in [4.78, 5) is 45.9. The molecule has 12 nitrogen and oxygen atoms in total. The molecule has 1 fully saturated rings. The summed E-state index contributed by atoms with van der Waals surface area (Å²) in [7, 11) is 0. The van der Waals surface area contributed by atoms with Gasteiger partial charge in [-0.1, -0.05) is 12.6 Å². The van der Waals surface area contributed by atoms with Crippen LogP contribution >= 0.6 is 0 Å². The molecule has 0 saturated carbocycles. The first-order valence-electron chi connectivity index (χ1n) is 12.1. The van der Waals surface area contributed by atoms with Crippen molar-refractivity contribution in [1.29, 1.82) is 0 Å². The minimum absolute atomic E-state index is 0.181. The third-order valence-electron chi connectivity index (χ3n) is 6.21. The van der Waals surface area contributed by atoms with Crippen molar-refractivity contribution in [3.63, 3.8) is 0 Å². The van der Waals surface area contributed by atoms with Gasteiger partial charge in [0.15, 0.2) is 5.65 Å². The Hall–Kier alpha value is -4.68. The van der Waals surface area contributed by atoms with Crippen molar-refractivity contribution >= 4 is 40.1 Å². The highest BCUT2D eigenvalue weighted by molar-refractivity contribution is 5.98. The van der Waals surface area contributed by atoms with Crippen molar-refractivity contribution in [2.75, 3.05) is 54.9 Å². The Kier molecular flexibility index (Phi) is 7.33. The van der Waals surface area contributed by atoms with Crippen LogP contribution in [0.3, 0.4) is 0 Å². The first kappa shape index (κ1) is 25.0. The van der Waals surface area contributed by atoms with Crippen LogP contribution in [0.25, 0.3) is 16.9 Å². The maximum Gasteiger partial charge on any atom is 0.283 e. The van der Waals surface area contributed by atoms with Gasteiger partial charge in [0.05, 0.1) is 6.61 Å². The van der Waals surface area contributed by atoms with E-state index in [0.717, 1.165) is 43.6 Å². The molecule has 0 bridgehead atoms. The number of benzene rings is 1. The molecular formula is C26H27N9O3. The molecule has 0 aliphatic carbocycles. The average molecular weight is 514 g/mol. The number of pyridine rings is 1. The molecule has 12 heteroatoms. The first-order chi connectivity index (χ1) is 18.5. The van der Waals surface area contributed by atoms with Crippen LogP contribution in [0.15, 0.2) is 72.4 Å². The van der Waals surface area contributed by atoms with Gasteiger partial charge < -0.3 is 20.6 Å². The van der Waals surface area contributed by atoms with Crippen LogP contribution in [0.4, 0.5) is 23.1 Å². The summed E-state index contributed by atoms with van der Waals surface area (Å²) in [6.45, 7) is 7.97. The minimum atomic E-state index is -0.456. The number of fused-ring (bicyclic) bond motifs is 1. The van der Waals surface area contributed by atoms with E-state index in [1.54, 1.807) is 22.8 Å². The standard InChI is InChI=1S/C26H27N9O3/c1-2-23(37)31-21-4-3-5-22(30-21)35-17-28-25(38)20-16-27-26(32-24(20)35)29-18-6-8-19(9-7-18)34-12-10-33(11-13-34)14-15-36/h2-9,16-17,36H,1,10-15H2,(H,27,29,32)(H,30,31,37). The van der Waals surface area contributed by atoms with Gasteiger partial charge in [-0.2, -0.15) is 9.97 Å². The second kappa shape index (κ2) is 11.2. The number of aliphatic hydroxyl groups is 1. The Labute approximate surface area is 218 Å². The van der Waals surface area contributed by atoms with E-state index in [2.05, 4.69) is 46.9 Å². The Balaban J connectivity index is 1.37. The van der Waals surface area contributed by atoms with E-state index in [0.29, 0.717) is 29.8 Å². The van der Waals surface area contributed by atoms with Gasteiger partial charge in [-0.25, -0.2) is 9.97 Å². The number of anilines is 4.